The number of rotatable bonds is 9. The topological polar surface area (TPSA) is 43.6 Å². The zero-order chi connectivity index (χ0) is 14.9. The fraction of sp³-hybridized carbons (Fsp3) is 0.412. The second-order valence-corrected chi connectivity index (χ2v) is 4.98. The lowest BCUT2D eigenvalue weighted by molar-refractivity contribution is 0.104. The number of hydrogen-bond acceptors (Lipinski definition) is 4. The molecular formula is C17H23NO3. The van der Waals surface area contributed by atoms with Crippen molar-refractivity contribution < 1.29 is 13.9 Å². The van der Waals surface area contributed by atoms with Gasteiger partial charge >= 0.3 is 0 Å². The lowest BCUT2D eigenvalue weighted by Crippen LogP contribution is -2.17. The molecule has 0 amide bonds. The molecule has 114 valence electrons. The largest absolute Gasteiger partial charge is 0.496 e. The average Bonchev–Trinajstić information content (AvgIpc) is 3.00. The van der Waals surface area contributed by atoms with Gasteiger partial charge in [0.2, 0.25) is 0 Å². The van der Waals surface area contributed by atoms with Gasteiger partial charge in [-0.1, -0.05) is 17.7 Å². The summed E-state index contributed by atoms with van der Waals surface area (Å²) in [6.07, 6.45) is 2.63. The van der Waals surface area contributed by atoms with Crippen molar-refractivity contribution in [1.29, 1.82) is 0 Å². The van der Waals surface area contributed by atoms with Crippen LogP contribution in [0.2, 0.25) is 0 Å². The number of aryl methyl sites for hydroxylation is 1. The Hall–Kier alpha value is -1.78. The third-order valence-corrected chi connectivity index (χ3v) is 3.22. The monoisotopic (exact) mass is 289 g/mol. The number of methoxy groups -OCH3 is 1. The second kappa shape index (κ2) is 8.49. The van der Waals surface area contributed by atoms with Crippen molar-refractivity contribution in [2.75, 3.05) is 20.3 Å². The zero-order valence-corrected chi connectivity index (χ0v) is 12.7. The molecule has 4 nitrogen and oxygen atoms in total. The molecule has 0 fully saturated rings. The van der Waals surface area contributed by atoms with Crippen molar-refractivity contribution in [2.24, 2.45) is 0 Å². The van der Waals surface area contributed by atoms with E-state index in [4.69, 9.17) is 13.9 Å². The minimum Gasteiger partial charge on any atom is -0.496 e. The van der Waals surface area contributed by atoms with E-state index in [2.05, 4.69) is 24.4 Å². The van der Waals surface area contributed by atoms with E-state index in [1.54, 1.807) is 13.4 Å². The minimum absolute atomic E-state index is 0.540. The number of hydrogen-bond donors (Lipinski definition) is 1. The van der Waals surface area contributed by atoms with E-state index in [1.807, 2.05) is 18.2 Å². The van der Waals surface area contributed by atoms with Gasteiger partial charge in [-0.05, 0) is 38.1 Å². The van der Waals surface area contributed by atoms with Gasteiger partial charge in [0.05, 0.1) is 13.4 Å². The second-order valence-electron chi connectivity index (χ2n) is 4.98. The standard InChI is InChI=1S/C17H23NO3/c1-14-6-7-17(19-2)15(11-14)12-18-8-4-9-20-13-16-5-3-10-21-16/h3,5-7,10-11,18H,4,8-9,12-13H2,1-2H3. The van der Waals surface area contributed by atoms with Gasteiger partial charge in [0.1, 0.15) is 18.1 Å². The van der Waals surface area contributed by atoms with E-state index < -0.39 is 0 Å². The van der Waals surface area contributed by atoms with E-state index in [-0.39, 0.29) is 0 Å². The van der Waals surface area contributed by atoms with Crippen molar-refractivity contribution in [3.63, 3.8) is 0 Å². The van der Waals surface area contributed by atoms with Crippen LogP contribution in [-0.2, 0) is 17.9 Å². The van der Waals surface area contributed by atoms with Crippen LogP contribution < -0.4 is 10.1 Å². The molecule has 0 saturated heterocycles. The highest BCUT2D eigenvalue weighted by molar-refractivity contribution is 5.36. The Morgan fingerprint density at radius 3 is 2.90 bits per heavy atom. The summed E-state index contributed by atoms with van der Waals surface area (Å²) in [4.78, 5) is 0. The number of benzene rings is 1. The first-order valence-electron chi connectivity index (χ1n) is 7.24. The molecule has 0 spiro atoms. The number of ether oxygens (including phenoxy) is 2. The maximum atomic E-state index is 5.54. The summed E-state index contributed by atoms with van der Waals surface area (Å²) >= 11 is 0. The van der Waals surface area contributed by atoms with E-state index in [1.165, 1.54) is 11.1 Å². The van der Waals surface area contributed by atoms with Crippen molar-refractivity contribution >= 4 is 0 Å². The maximum absolute atomic E-state index is 5.54. The van der Waals surface area contributed by atoms with E-state index in [0.717, 1.165) is 37.6 Å². The van der Waals surface area contributed by atoms with E-state index in [9.17, 15) is 0 Å². The van der Waals surface area contributed by atoms with E-state index >= 15 is 0 Å². The first-order valence-corrected chi connectivity index (χ1v) is 7.24. The van der Waals surface area contributed by atoms with Crippen molar-refractivity contribution in [1.82, 2.24) is 5.32 Å². The summed E-state index contributed by atoms with van der Waals surface area (Å²) in [5.74, 6) is 1.80. The van der Waals surface area contributed by atoms with Gasteiger partial charge in [-0.15, -0.1) is 0 Å². The molecule has 1 aromatic heterocycles. The SMILES string of the molecule is COc1ccc(C)cc1CNCCCOCc1ccco1. The smallest absolute Gasteiger partial charge is 0.129 e. The van der Waals surface area contributed by atoms with Crippen LogP contribution in [0.4, 0.5) is 0 Å². The Balaban J connectivity index is 1.60. The molecule has 0 saturated carbocycles. The molecule has 0 radical (unpaired) electrons. The van der Waals surface area contributed by atoms with Crippen LogP contribution >= 0.6 is 0 Å². The van der Waals surface area contributed by atoms with Gasteiger partial charge in [-0.2, -0.15) is 0 Å². The summed E-state index contributed by atoms with van der Waals surface area (Å²) in [6, 6.07) is 10.0. The molecule has 0 aliphatic heterocycles. The Labute approximate surface area is 126 Å². The third kappa shape index (κ3) is 5.25. The molecular weight excluding hydrogens is 266 g/mol. The molecule has 4 heteroatoms. The van der Waals surface area contributed by atoms with Crippen molar-refractivity contribution in [3.05, 3.63) is 53.5 Å². The third-order valence-electron chi connectivity index (χ3n) is 3.22. The fourth-order valence-corrected chi connectivity index (χ4v) is 2.14. The van der Waals surface area contributed by atoms with E-state index in [0.29, 0.717) is 6.61 Å². The number of nitrogens with one attached hydrogen (secondary N) is 1. The zero-order valence-electron chi connectivity index (χ0n) is 12.7. The number of furan rings is 1. The Morgan fingerprint density at radius 2 is 2.14 bits per heavy atom. The van der Waals surface area contributed by atoms with Gasteiger partial charge in [-0.3, -0.25) is 0 Å². The maximum Gasteiger partial charge on any atom is 0.129 e. The van der Waals surface area contributed by atoms with Crippen LogP contribution in [0, 0.1) is 6.92 Å². The molecule has 0 unspecified atom stereocenters. The van der Waals surface area contributed by atoms with Crippen LogP contribution in [0.15, 0.2) is 41.0 Å². The minimum atomic E-state index is 0.540. The van der Waals surface area contributed by atoms with Gasteiger partial charge in [-0.25, -0.2) is 0 Å². The quantitative estimate of drug-likeness (QED) is 0.719. The van der Waals surface area contributed by atoms with Gasteiger partial charge < -0.3 is 19.2 Å². The highest BCUT2D eigenvalue weighted by Gasteiger charge is 2.02. The highest BCUT2D eigenvalue weighted by atomic mass is 16.5. The summed E-state index contributed by atoms with van der Waals surface area (Å²) < 4.78 is 16.1. The summed E-state index contributed by atoms with van der Waals surface area (Å²) in [6.45, 7) is 5.07. The Morgan fingerprint density at radius 1 is 1.24 bits per heavy atom. The molecule has 1 heterocycles. The van der Waals surface area contributed by atoms with Gasteiger partial charge in [0.15, 0.2) is 0 Å². The molecule has 0 bridgehead atoms. The highest BCUT2D eigenvalue weighted by Crippen LogP contribution is 2.19. The summed E-state index contributed by atoms with van der Waals surface area (Å²) in [7, 11) is 1.71. The molecule has 0 aliphatic rings. The lowest BCUT2D eigenvalue weighted by Gasteiger charge is -2.10. The van der Waals surface area contributed by atoms with Crippen molar-refractivity contribution in [3.8, 4) is 5.75 Å². The molecule has 21 heavy (non-hydrogen) atoms. The predicted octanol–water partition coefficient (Wildman–Crippen LogP) is 3.29. The Bertz CT molecular complexity index is 523. The molecule has 0 aliphatic carbocycles. The molecule has 2 aromatic rings. The van der Waals surface area contributed by atoms with Crippen LogP contribution in [0.25, 0.3) is 0 Å². The molecule has 1 aromatic carbocycles. The van der Waals surface area contributed by atoms with Crippen LogP contribution in [0.5, 0.6) is 5.75 Å². The molecule has 1 N–H and O–H groups in total. The van der Waals surface area contributed by atoms with Crippen LogP contribution in [0.3, 0.4) is 0 Å². The van der Waals surface area contributed by atoms with Crippen LogP contribution in [0.1, 0.15) is 23.3 Å². The predicted molar refractivity (Wildman–Crippen MR) is 82.4 cm³/mol. The fourth-order valence-electron chi connectivity index (χ4n) is 2.14. The lowest BCUT2D eigenvalue weighted by atomic mass is 10.1. The molecule has 0 atom stereocenters. The first-order chi connectivity index (χ1) is 10.3. The normalized spacial score (nSPS) is 10.8. The summed E-state index contributed by atoms with van der Waals surface area (Å²) in [5.41, 5.74) is 2.43. The first kappa shape index (κ1) is 15.6. The van der Waals surface area contributed by atoms with Crippen LogP contribution in [-0.4, -0.2) is 20.3 Å². The molecule has 2 rings (SSSR count). The summed E-state index contributed by atoms with van der Waals surface area (Å²) in [5, 5.41) is 3.41. The average molecular weight is 289 g/mol. The van der Waals surface area contributed by atoms with Crippen molar-refractivity contribution in [2.45, 2.75) is 26.5 Å². The Kier molecular flexibility index (Phi) is 6.31. The van der Waals surface area contributed by atoms with Gasteiger partial charge in [0.25, 0.3) is 0 Å². The van der Waals surface area contributed by atoms with Gasteiger partial charge in [0, 0.05) is 18.7 Å².